The molecule has 2 aliphatic heterocycles. The zero-order valence-electron chi connectivity index (χ0n) is 16.5. The highest BCUT2D eigenvalue weighted by molar-refractivity contribution is 5.89. The average molecular weight is 388 g/mol. The fourth-order valence-electron chi connectivity index (χ4n) is 3.82. The summed E-state index contributed by atoms with van der Waals surface area (Å²) in [4.78, 5) is 14.7. The molecule has 2 aliphatic rings. The average Bonchev–Trinajstić information content (AvgIpc) is 3.49. The third kappa shape index (κ3) is 3.95. The van der Waals surface area contributed by atoms with Crippen LogP contribution in [0.4, 0.5) is 0 Å². The van der Waals surface area contributed by atoms with E-state index in [-0.39, 0.29) is 0 Å². The maximum atomic E-state index is 6.05. The van der Waals surface area contributed by atoms with Crippen molar-refractivity contribution in [1.29, 1.82) is 0 Å². The van der Waals surface area contributed by atoms with E-state index in [1.54, 1.807) is 0 Å². The molecule has 1 aromatic heterocycles. The summed E-state index contributed by atoms with van der Waals surface area (Å²) in [6.45, 7) is 3.18. The zero-order chi connectivity index (χ0) is 19.6. The van der Waals surface area contributed by atoms with E-state index in [4.69, 9.17) is 14.5 Å². The molecule has 29 heavy (non-hydrogen) atoms. The molecule has 0 bridgehead atoms. The van der Waals surface area contributed by atoms with Gasteiger partial charge in [-0.05, 0) is 54.9 Å². The highest BCUT2D eigenvalue weighted by Crippen LogP contribution is 2.27. The summed E-state index contributed by atoms with van der Waals surface area (Å²) in [5.41, 5.74) is 4.35. The quantitative estimate of drug-likeness (QED) is 0.692. The van der Waals surface area contributed by atoms with E-state index in [1.807, 2.05) is 36.5 Å². The van der Waals surface area contributed by atoms with Crippen molar-refractivity contribution < 1.29 is 9.47 Å². The lowest BCUT2D eigenvalue weighted by Gasteiger charge is -2.21. The van der Waals surface area contributed by atoms with Crippen LogP contribution >= 0.6 is 0 Å². The number of aromatic amines is 1. The number of aromatic nitrogens is 2. The largest absolute Gasteiger partial charge is 0.457 e. The number of likely N-dealkylation sites (N-methyl/N-ethyl adjacent to an activating group) is 1. The van der Waals surface area contributed by atoms with E-state index < -0.39 is 0 Å². The van der Waals surface area contributed by atoms with Crippen LogP contribution in [0, 0.1) is 0 Å². The highest BCUT2D eigenvalue weighted by Gasteiger charge is 2.21. The maximum Gasteiger partial charge on any atom is 0.129 e. The molecule has 0 aliphatic carbocycles. The number of benzene rings is 2. The second-order valence-corrected chi connectivity index (χ2v) is 7.60. The van der Waals surface area contributed by atoms with Gasteiger partial charge in [-0.2, -0.15) is 0 Å². The minimum absolute atomic E-state index is 0.469. The second-order valence-electron chi connectivity index (χ2n) is 7.60. The van der Waals surface area contributed by atoms with Gasteiger partial charge in [-0.3, -0.25) is 9.89 Å². The van der Waals surface area contributed by atoms with Crippen LogP contribution in [0.1, 0.15) is 17.8 Å². The maximum absolute atomic E-state index is 6.05. The fourth-order valence-corrected chi connectivity index (χ4v) is 3.82. The van der Waals surface area contributed by atoms with Crippen LogP contribution < -0.4 is 4.74 Å². The molecule has 0 saturated carbocycles. The van der Waals surface area contributed by atoms with Crippen molar-refractivity contribution in [2.24, 2.45) is 4.99 Å². The molecule has 1 atom stereocenters. The number of fused-ring (bicyclic) bond motifs is 1. The first-order chi connectivity index (χ1) is 14.2. The SMILES string of the molecule is CN(Cc1nc2ccc(Oc3ccc(C4=CC=NC4)cc3)cc2[nH]1)[C@@H]1CCOC1. The van der Waals surface area contributed by atoms with Gasteiger partial charge in [-0.15, -0.1) is 0 Å². The predicted octanol–water partition coefficient (Wildman–Crippen LogP) is 4.04. The van der Waals surface area contributed by atoms with Gasteiger partial charge in [0.05, 0.1) is 30.7 Å². The molecule has 1 fully saturated rings. The van der Waals surface area contributed by atoms with Gasteiger partial charge in [0, 0.05) is 24.9 Å². The summed E-state index contributed by atoms with van der Waals surface area (Å²) in [7, 11) is 2.12. The van der Waals surface area contributed by atoms with Gasteiger partial charge in [0.2, 0.25) is 0 Å². The summed E-state index contributed by atoms with van der Waals surface area (Å²) < 4.78 is 11.5. The lowest BCUT2D eigenvalue weighted by atomic mass is 10.1. The number of hydrogen-bond acceptors (Lipinski definition) is 5. The van der Waals surface area contributed by atoms with Crippen LogP contribution in [-0.2, 0) is 11.3 Å². The van der Waals surface area contributed by atoms with E-state index in [1.165, 1.54) is 11.1 Å². The standard InChI is InChI=1S/C23H24N4O2/c1-27(18-9-11-28-15-18)14-23-25-21-7-6-20(12-22(21)26-23)29-19-4-2-16(3-5-19)17-8-10-24-13-17/h2-8,10,12,18H,9,11,13-15H2,1H3,(H,25,26)/t18-/m1/s1. The smallest absolute Gasteiger partial charge is 0.129 e. The molecule has 0 spiro atoms. The molecular formula is C23H24N4O2. The third-order valence-electron chi connectivity index (χ3n) is 5.53. The number of hydrogen-bond donors (Lipinski definition) is 1. The molecule has 6 heteroatoms. The molecule has 5 rings (SSSR count). The first-order valence-electron chi connectivity index (χ1n) is 9.98. The number of allylic oxidation sites excluding steroid dienone is 1. The number of aliphatic imine (C=N–C) groups is 1. The Bertz CT molecular complexity index is 1060. The van der Waals surface area contributed by atoms with Crippen molar-refractivity contribution in [3.05, 3.63) is 59.9 Å². The molecule has 0 radical (unpaired) electrons. The summed E-state index contributed by atoms with van der Waals surface area (Å²) in [6.07, 6.45) is 4.99. The molecular weight excluding hydrogens is 364 g/mol. The first kappa shape index (κ1) is 18.1. The lowest BCUT2D eigenvalue weighted by Crippen LogP contribution is -2.31. The van der Waals surface area contributed by atoms with Crippen LogP contribution in [0.3, 0.4) is 0 Å². The normalized spacial score (nSPS) is 18.7. The Hall–Kier alpha value is -2.96. The van der Waals surface area contributed by atoms with E-state index in [2.05, 4.69) is 40.1 Å². The summed E-state index contributed by atoms with van der Waals surface area (Å²) in [6, 6.07) is 14.6. The number of rotatable bonds is 6. The zero-order valence-corrected chi connectivity index (χ0v) is 16.5. The van der Waals surface area contributed by atoms with Crippen molar-refractivity contribution in [2.45, 2.75) is 19.0 Å². The first-order valence-corrected chi connectivity index (χ1v) is 9.98. The number of H-pyrrole nitrogens is 1. The Kier molecular flexibility index (Phi) is 4.87. The molecule has 0 unspecified atom stereocenters. The Morgan fingerprint density at radius 1 is 1.17 bits per heavy atom. The van der Waals surface area contributed by atoms with Crippen LogP contribution in [-0.4, -0.2) is 53.9 Å². The summed E-state index contributed by atoms with van der Waals surface area (Å²) in [5.74, 6) is 2.57. The molecule has 6 nitrogen and oxygen atoms in total. The summed E-state index contributed by atoms with van der Waals surface area (Å²) in [5, 5.41) is 0. The van der Waals surface area contributed by atoms with Crippen molar-refractivity contribution >= 4 is 22.8 Å². The van der Waals surface area contributed by atoms with Gasteiger partial charge in [0.15, 0.2) is 0 Å². The van der Waals surface area contributed by atoms with Gasteiger partial charge < -0.3 is 14.5 Å². The Morgan fingerprint density at radius 3 is 2.79 bits per heavy atom. The van der Waals surface area contributed by atoms with E-state index >= 15 is 0 Å². The van der Waals surface area contributed by atoms with Crippen molar-refractivity contribution in [2.75, 3.05) is 26.8 Å². The second kappa shape index (κ2) is 7.81. The highest BCUT2D eigenvalue weighted by atomic mass is 16.5. The van der Waals surface area contributed by atoms with Crippen LogP contribution in [0.2, 0.25) is 0 Å². The van der Waals surface area contributed by atoms with Crippen molar-refractivity contribution in [3.8, 4) is 11.5 Å². The summed E-state index contributed by atoms with van der Waals surface area (Å²) >= 11 is 0. The predicted molar refractivity (Wildman–Crippen MR) is 115 cm³/mol. The Labute approximate surface area is 169 Å². The Balaban J connectivity index is 1.28. The van der Waals surface area contributed by atoms with Crippen molar-refractivity contribution in [3.63, 3.8) is 0 Å². The van der Waals surface area contributed by atoms with Crippen LogP contribution in [0.15, 0.2) is 53.5 Å². The molecule has 1 saturated heterocycles. The lowest BCUT2D eigenvalue weighted by molar-refractivity contribution is 0.155. The number of nitrogens with one attached hydrogen (secondary N) is 1. The van der Waals surface area contributed by atoms with E-state index in [0.29, 0.717) is 6.04 Å². The van der Waals surface area contributed by atoms with E-state index in [9.17, 15) is 0 Å². The van der Waals surface area contributed by atoms with Crippen LogP contribution in [0.5, 0.6) is 11.5 Å². The monoisotopic (exact) mass is 388 g/mol. The van der Waals surface area contributed by atoms with Gasteiger partial charge in [-0.25, -0.2) is 4.98 Å². The molecule has 0 amide bonds. The van der Waals surface area contributed by atoms with Gasteiger partial charge >= 0.3 is 0 Å². The number of ether oxygens (including phenoxy) is 2. The minimum atomic E-state index is 0.469. The molecule has 3 aromatic rings. The van der Waals surface area contributed by atoms with Crippen molar-refractivity contribution in [1.82, 2.24) is 14.9 Å². The number of imidazole rings is 1. The molecule has 148 valence electrons. The third-order valence-corrected chi connectivity index (χ3v) is 5.53. The van der Waals surface area contributed by atoms with Gasteiger partial charge in [0.1, 0.15) is 17.3 Å². The fraction of sp³-hybridized carbons (Fsp3) is 0.304. The molecule has 2 aromatic carbocycles. The Morgan fingerprint density at radius 2 is 2.03 bits per heavy atom. The van der Waals surface area contributed by atoms with Gasteiger partial charge in [-0.1, -0.05) is 12.1 Å². The minimum Gasteiger partial charge on any atom is -0.457 e. The molecule has 3 heterocycles. The van der Waals surface area contributed by atoms with E-state index in [0.717, 1.165) is 61.1 Å². The molecule has 1 N–H and O–H groups in total. The van der Waals surface area contributed by atoms with Crippen LogP contribution in [0.25, 0.3) is 16.6 Å². The topological polar surface area (TPSA) is 62.7 Å². The number of nitrogens with zero attached hydrogens (tertiary/aromatic N) is 3. The van der Waals surface area contributed by atoms with Gasteiger partial charge in [0.25, 0.3) is 0 Å².